The van der Waals surface area contributed by atoms with Gasteiger partial charge in [-0.1, -0.05) is 23.5 Å². The molecule has 140 valence electrons. The lowest BCUT2D eigenvalue weighted by Crippen LogP contribution is -2.43. The van der Waals surface area contributed by atoms with E-state index in [2.05, 4.69) is 15.1 Å². The molecule has 1 amide bonds. The molecule has 3 aromatic rings. The fraction of sp³-hybridized carbons (Fsp3) is 0.222. The van der Waals surface area contributed by atoms with Gasteiger partial charge in [-0.25, -0.2) is 4.68 Å². The minimum atomic E-state index is -0.412. The Morgan fingerprint density at radius 3 is 2.59 bits per heavy atom. The molecule has 3 aromatic heterocycles. The van der Waals surface area contributed by atoms with Crippen LogP contribution in [0.5, 0.6) is 0 Å². The number of nitrogens with zero attached hydrogens (tertiary/aromatic N) is 6. The number of halogens is 1. The minimum Gasteiger partial charge on any atom is -0.310 e. The number of hydrogen-bond donors (Lipinski definition) is 0. The largest absolute Gasteiger partial charge is 0.310 e. The average Bonchev–Trinajstić information content (AvgIpc) is 3.10. The number of pyridine rings is 2. The van der Waals surface area contributed by atoms with Crippen molar-refractivity contribution in [2.45, 2.75) is 13.0 Å². The van der Waals surface area contributed by atoms with Crippen molar-refractivity contribution in [3.8, 4) is 5.69 Å². The standard InChI is InChI=1S/C18H19ClN6OS/c1-13(25(27-3)14-6-9-20-10-7-14)18(26)23(2)16-12-24(22-17(16)19)15-5-4-8-21-11-15/h4-13H,1-3H3. The van der Waals surface area contributed by atoms with Crippen molar-refractivity contribution >= 4 is 40.8 Å². The van der Waals surface area contributed by atoms with Crippen LogP contribution in [0.15, 0.2) is 55.2 Å². The Kier molecular flexibility index (Phi) is 5.98. The molecule has 0 saturated carbocycles. The van der Waals surface area contributed by atoms with E-state index in [0.29, 0.717) is 5.69 Å². The van der Waals surface area contributed by atoms with Gasteiger partial charge in [0.15, 0.2) is 5.15 Å². The third-order valence-electron chi connectivity index (χ3n) is 4.08. The summed E-state index contributed by atoms with van der Waals surface area (Å²) in [5.74, 6) is -0.103. The van der Waals surface area contributed by atoms with Crippen LogP contribution < -0.4 is 9.21 Å². The molecule has 0 aliphatic carbocycles. The number of likely N-dealkylation sites (N-methyl/N-ethyl adjacent to an activating group) is 1. The molecule has 0 fully saturated rings. The highest BCUT2D eigenvalue weighted by atomic mass is 35.5. The van der Waals surface area contributed by atoms with Crippen LogP contribution in [0, 0.1) is 0 Å². The van der Waals surface area contributed by atoms with Crippen molar-refractivity contribution in [1.82, 2.24) is 19.7 Å². The Morgan fingerprint density at radius 2 is 1.96 bits per heavy atom. The first kappa shape index (κ1) is 19.2. The molecular weight excluding hydrogens is 384 g/mol. The van der Waals surface area contributed by atoms with Gasteiger partial charge in [-0.2, -0.15) is 5.10 Å². The van der Waals surface area contributed by atoms with Gasteiger partial charge < -0.3 is 9.21 Å². The van der Waals surface area contributed by atoms with Gasteiger partial charge in [-0.05, 0) is 31.2 Å². The molecule has 0 radical (unpaired) electrons. The van der Waals surface area contributed by atoms with Crippen molar-refractivity contribution in [2.75, 3.05) is 22.5 Å². The molecule has 1 unspecified atom stereocenters. The van der Waals surface area contributed by atoms with E-state index in [0.717, 1.165) is 11.4 Å². The monoisotopic (exact) mass is 402 g/mol. The van der Waals surface area contributed by atoms with Crippen LogP contribution in [0.25, 0.3) is 5.69 Å². The number of hydrogen-bond acceptors (Lipinski definition) is 6. The van der Waals surface area contributed by atoms with Crippen molar-refractivity contribution in [3.63, 3.8) is 0 Å². The predicted octanol–water partition coefficient (Wildman–Crippen LogP) is 3.45. The molecule has 0 aliphatic heterocycles. The van der Waals surface area contributed by atoms with Gasteiger partial charge in [0.25, 0.3) is 0 Å². The highest BCUT2D eigenvalue weighted by molar-refractivity contribution is 8.00. The van der Waals surface area contributed by atoms with E-state index in [1.54, 1.807) is 42.7 Å². The third-order valence-corrected chi connectivity index (χ3v) is 5.27. The van der Waals surface area contributed by atoms with E-state index in [1.807, 2.05) is 41.8 Å². The number of carbonyl (C=O) groups is 1. The summed E-state index contributed by atoms with van der Waals surface area (Å²) in [4.78, 5) is 22.7. The Hall–Kier alpha value is -2.58. The Labute approximate surface area is 167 Å². The molecule has 3 rings (SSSR count). The zero-order valence-electron chi connectivity index (χ0n) is 15.2. The summed E-state index contributed by atoms with van der Waals surface area (Å²) < 4.78 is 3.54. The molecule has 0 N–H and O–H groups in total. The summed E-state index contributed by atoms with van der Waals surface area (Å²) in [6.45, 7) is 1.86. The Balaban J connectivity index is 1.84. The maximum Gasteiger partial charge on any atom is 0.250 e. The maximum absolute atomic E-state index is 13.1. The first-order valence-corrected chi connectivity index (χ1v) is 9.75. The first-order valence-electron chi connectivity index (χ1n) is 8.19. The van der Waals surface area contributed by atoms with E-state index in [9.17, 15) is 4.79 Å². The van der Waals surface area contributed by atoms with E-state index in [4.69, 9.17) is 11.6 Å². The summed E-state index contributed by atoms with van der Waals surface area (Å²) in [6, 6.07) is 7.00. The molecule has 0 bridgehead atoms. The Bertz CT molecular complexity index is 905. The molecule has 0 aromatic carbocycles. The first-order chi connectivity index (χ1) is 13.0. The second kappa shape index (κ2) is 8.41. The average molecular weight is 403 g/mol. The highest BCUT2D eigenvalue weighted by Gasteiger charge is 2.27. The lowest BCUT2D eigenvalue weighted by Gasteiger charge is -2.30. The fourth-order valence-corrected chi connectivity index (χ4v) is 3.66. The highest BCUT2D eigenvalue weighted by Crippen LogP contribution is 2.28. The van der Waals surface area contributed by atoms with Crippen LogP contribution in [-0.4, -0.2) is 45.0 Å². The van der Waals surface area contributed by atoms with Crippen molar-refractivity contribution < 1.29 is 4.79 Å². The number of rotatable bonds is 6. The van der Waals surface area contributed by atoms with E-state index in [-0.39, 0.29) is 11.1 Å². The van der Waals surface area contributed by atoms with E-state index >= 15 is 0 Å². The number of aromatic nitrogens is 4. The van der Waals surface area contributed by atoms with Gasteiger partial charge >= 0.3 is 0 Å². The van der Waals surface area contributed by atoms with Gasteiger partial charge in [0.2, 0.25) is 5.91 Å². The van der Waals surface area contributed by atoms with Gasteiger partial charge in [-0.15, -0.1) is 0 Å². The molecule has 3 heterocycles. The molecule has 0 spiro atoms. The van der Waals surface area contributed by atoms with Gasteiger partial charge in [0.1, 0.15) is 11.7 Å². The normalized spacial score (nSPS) is 11.9. The smallest absolute Gasteiger partial charge is 0.250 e. The van der Waals surface area contributed by atoms with Crippen LogP contribution in [0.2, 0.25) is 5.15 Å². The summed E-state index contributed by atoms with van der Waals surface area (Å²) in [7, 11) is 1.69. The van der Waals surface area contributed by atoms with Crippen LogP contribution in [0.3, 0.4) is 0 Å². The second-order valence-corrected chi connectivity index (χ2v) is 6.86. The minimum absolute atomic E-state index is 0.103. The predicted molar refractivity (Wildman–Crippen MR) is 109 cm³/mol. The van der Waals surface area contributed by atoms with Crippen molar-refractivity contribution in [2.24, 2.45) is 0 Å². The van der Waals surface area contributed by atoms with Crippen LogP contribution in [0.4, 0.5) is 11.4 Å². The molecule has 27 heavy (non-hydrogen) atoms. The summed E-state index contributed by atoms with van der Waals surface area (Å²) in [5, 5.41) is 4.54. The van der Waals surface area contributed by atoms with Gasteiger partial charge in [-0.3, -0.25) is 14.8 Å². The van der Waals surface area contributed by atoms with Gasteiger partial charge in [0, 0.05) is 31.9 Å². The molecule has 7 nitrogen and oxygen atoms in total. The summed E-state index contributed by atoms with van der Waals surface area (Å²) >= 11 is 7.77. The number of anilines is 2. The molecular formula is C18H19ClN6OS. The number of amides is 1. The van der Waals surface area contributed by atoms with Crippen molar-refractivity contribution in [3.05, 3.63) is 60.4 Å². The fourth-order valence-electron chi connectivity index (χ4n) is 2.67. The second-order valence-electron chi connectivity index (χ2n) is 5.75. The summed E-state index contributed by atoms with van der Waals surface area (Å²) in [6.07, 6.45) is 10.4. The molecule has 9 heteroatoms. The molecule has 0 aliphatic rings. The van der Waals surface area contributed by atoms with E-state index < -0.39 is 6.04 Å². The maximum atomic E-state index is 13.1. The van der Waals surface area contributed by atoms with E-state index in [1.165, 1.54) is 16.8 Å². The molecule has 0 saturated heterocycles. The van der Waals surface area contributed by atoms with Crippen LogP contribution in [-0.2, 0) is 4.79 Å². The SMILES string of the molecule is CSN(c1ccncc1)C(C)C(=O)N(C)c1cn(-c2cccnc2)nc1Cl. The van der Waals surface area contributed by atoms with Gasteiger partial charge in [0.05, 0.1) is 23.8 Å². The molecule has 1 atom stereocenters. The van der Waals surface area contributed by atoms with Crippen LogP contribution in [0.1, 0.15) is 6.92 Å². The topological polar surface area (TPSA) is 67.2 Å². The quantitative estimate of drug-likeness (QED) is 0.588. The Morgan fingerprint density at radius 1 is 1.22 bits per heavy atom. The van der Waals surface area contributed by atoms with Crippen LogP contribution >= 0.6 is 23.5 Å². The zero-order valence-corrected chi connectivity index (χ0v) is 16.7. The zero-order chi connectivity index (χ0) is 19.4. The van der Waals surface area contributed by atoms with Crippen molar-refractivity contribution in [1.29, 1.82) is 0 Å². The summed E-state index contributed by atoms with van der Waals surface area (Å²) in [5.41, 5.74) is 2.21. The third kappa shape index (κ3) is 4.06. The lowest BCUT2D eigenvalue weighted by atomic mass is 10.2. The number of carbonyl (C=O) groups excluding carboxylic acids is 1. The lowest BCUT2D eigenvalue weighted by molar-refractivity contribution is -0.119.